The Hall–Kier alpha value is -3.10. The van der Waals surface area contributed by atoms with Crippen LogP contribution < -0.4 is 0 Å². The van der Waals surface area contributed by atoms with Gasteiger partial charge < -0.3 is 4.52 Å². The molecule has 3 rings (SSSR count). The monoisotopic (exact) mass is 317 g/mol. The third-order valence-electron chi connectivity index (χ3n) is 3.31. The van der Waals surface area contributed by atoms with E-state index in [-0.39, 0.29) is 11.5 Å². The normalized spacial score (nSPS) is 12.3. The summed E-state index contributed by atoms with van der Waals surface area (Å²) in [5, 5.41) is 18.5. The van der Waals surface area contributed by atoms with Gasteiger partial charge in [0, 0.05) is 6.42 Å². The molecule has 0 aliphatic carbocycles. The van der Waals surface area contributed by atoms with E-state index in [0.717, 1.165) is 11.8 Å². The molecule has 0 aliphatic rings. The largest absolute Gasteiger partial charge is 0.337 e. The van der Waals surface area contributed by atoms with Crippen molar-refractivity contribution in [3.8, 4) is 0 Å². The number of aromatic nitrogens is 4. The highest BCUT2D eigenvalue weighted by Gasteiger charge is 2.19. The van der Waals surface area contributed by atoms with Crippen LogP contribution in [-0.4, -0.2) is 24.8 Å². The van der Waals surface area contributed by atoms with Gasteiger partial charge in [0.25, 0.3) is 5.89 Å². The predicted octanol–water partition coefficient (Wildman–Crippen LogP) is 2.51. The second kappa shape index (κ2) is 5.95. The van der Waals surface area contributed by atoms with Gasteiger partial charge in [0.15, 0.2) is 5.82 Å². The number of hydrogen-bond acceptors (Lipinski definition) is 6. The smallest absolute Gasteiger partial charge is 0.307 e. The average molecular weight is 317 g/mol. The zero-order valence-corrected chi connectivity index (χ0v) is 12.1. The fourth-order valence-corrected chi connectivity index (χ4v) is 2.04. The van der Waals surface area contributed by atoms with Crippen molar-refractivity contribution < 1.29 is 13.8 Å². The van der Waals surface area contributed by atoms with Gasteiger partial charge in [-0.05, 0) is 24.6 Å². The van der Waals surface area contributed by atoms with Crippen LogP contribution in [0.25, 0.3) is 0 Å². The van der Waals surface area contributed by atoms with Crippen LogP contribution in [0, 0.1) is 15.9 Å². The first-order valence-corrected chi connectivity index (χ1v) is 6.78. The summed E-state index contributed by atoms with van der Waals surface area (Å²) < 4.78 is 19.4. The lowest BCUT2D eigenvalue weighted by atomic mass is 10.1. The topological polar surface area (TPSA) is 99.9 Å². The van der Waals surface area contributed by atoms with E-state index in [9.17, 15) is 14.5 Å². The van der Waals surface area contributed by atoms with Crippen molar-refractivity contribution in [1.82, 2.24) is 19.9 Å². The number of benzene rings is 1. The lowest BCUT2D eigenvalue weighted by Crippen LogP contribution is -2.07. The molecule has 0 unspecified atom stereocenters. The number of nitro groups is 1. The summed E-state index contributed by atoms with van der Waals surface area (Å²) >= 11 is 0. The van der Waals surface area contributed by atoms with Gasteiger partial charge in [-0.15, -0.1) is 0 Å². The lowest BCUT2D eigenvalue weighted by molar-refractivity contribution is -0.385. The molecule has 0 N–H and O–H groups in total. The van der Waals surface area contributed by atoms with Crippen molar-refractivity contribution >= 4 is 5.69 Å². The summed E-state index contributed by atoms with van der Waals surface area (Å²) in [6.45, 7) is 1.74. The molecule has 9 heteroatoms. The van der Waals surface area contributed by atoms with Crippen LogP contribution in [0.1, 0.15) is 30.2 Å². The second-order valence-corrected chi connectivity index (χ2v) is 4.96. The Bertz CT molecular complexity index is 827. The van der Waals surface area contributed by atoms with Gasteiger partial charge in [-0.1, -0.05) is 17.3 Å². The summed E-state index contributed by atoms with van der Waals surface area (Å²) in [5.74, 6) is 0.427. The van der Waals surface area contributed by atoms with Crippen LogP contribution in [0.15, 0.2) is 41.2 Å². The van der Waals surface area contributed by atoms with E-state index in [0.29, 0.717) is 18.1 Å². The first-order valence-electron chi connectivity index (χ1n) is 6.78. The molecule has 0 bridgehead atoms. The highest BCUT2D eigenvalue weighted by Crippen LogP contribution is 2.19. The van der Waals surface area contributed by atoms with Crippen molar-refractivity contribution in [3.63, 3.8) is 0 Å². The first kappa shape index (κ1) is 14.8. The molecule has 23 heavy (non-hydrogen) atoms. The van der Waals surface area contributed by atoms with E-state index < -0.39 is 11.0 Å². The SMILES string of the molecule is C[C@H](c1nc(Cc2ccc(F)cc2)no1)n1cc([N+](=O)[O-])cn1. The molecule has 1 aromatic carbocycles. The lowest BCUT2D eigenvalue weighted by Gasteiger charge is -2.05. The summed E-state index contributed by atoms with van der Waals surface area (Å²) in [6, 6.07) is 5.58. The van der Waals surface area contributed by atoms with E-state index in [1.165, 1.54) is 23.0 Å². The maximum Gasteiger partial charge on any atom is 0.307 e. The second-order valence-electron chi connectivity index (χ2n) is 4.96. The minimum absolute atomic E-state index is 0.108. The molecule has 0 spiro atoms. The van der Waals surface area contributed by atoms with Gasteiger partial charge in [-0.3, -0.25) is 14.8 Å². The molecule has 0 amide bonds. The summed E-state index contributed by atoms with van der Waals surface area (Å²) in [5.41, 5.74) is 0.740. The van der Waals surface area contributed by atoms with Crippen molar-refractivity contribution in [2.75, 3.05) is 0 Å². The van der Waals surface area contributed by atoms with Crippen molar-refractivity contribution in [1.29, 1.82) is 0 Å². The van der Waals surface area contributed by atoms with E-state index in [1.54, 1.807) is 19.1 Å². The zero-order valence-electron chi connectivity index (χ0n) is 12.1. The molecular weight excluding hydrogens is 305 g/mol. The minimum atomic E-state index is -0.524. The molecule has 118 valence electrons. The minimum Gasteiger partial charge on any atom is -0.337 e. The van der Waals surface area contributed by atoms with Crippen LogP contribution in [0.3, 0.4) is 0 Å². The van der Waals surface area contributed by atoms with Crippen LogP contribution in [0.2, 0.25) is 0 Å². The highest BCUT2D eigenvalue weighted by atomic mass is 19.1. The highest BCUT2D eigenvalue weighted by molar-refractivity contribution is 5.22. The fraction of sp³-hybridized carbons (Fsp3) is 0.214. The van der Waals surface area contributed by atoms with Crippen LogP contribution in [-0.2, 0) is 6.42 Å². The van der Waals surface area contributed by atoms with Crippen molar-refractivity contribution in [3.05, 3.63) is 69.9 Å². The predicted molar refractivity (Wildman–Crippen MR) is 76.2 cm³/mol. The summed E-state index contributed by atoms with van der Waals surface area (Å²) in [6.07, 6.45) is 2.86. The number of hydrogen-bond donors (Lipinski definition) is 0. The molecule has 2 aromatic heterocycles. The van der Waals surface area contributed by atoms with Crippen LogP contribution >= 0.6 is 0 Å². The van der Waals surface area contributed by atoms with Gasteiger partial charge in [-0.25, -0.2) is 4.39 Å². The van der Waals surface area contributed by atoms with Crippen LogP contribution in [0.4, 0.5) is 10.1 Å². The van der Waals surface area contributed by atoms with E-state index in [2.05, 4.69) is 15.2 Å². The molecular formula is C14H12FN5O3. The van der Waals surface area contributed by atoms with Crippen molar-refractivity contribution in [2.24, 2.45) is 0 Å². The quantitative estimate of drug-likeness (QED) is 0.529. The van der Waals surface area contributed by atoms with Gasteiger partial charge in [0.1, 0.15) is 24.3 Å². The number of nitrogens with zero attached hydrogens (tertiary/aromatic N) is 5. The molecule has 8 nitrogen and oxygen atoms in total. The fourth-order valence-electron chi connectivity index (χ4n) is 2.04. The van der Waals surface area contributed by atoms with Gasteiger partial charge >= 0.3 is 5.69 Å². The van der Waals surface area contributed by atoms with Gasteiger partial charge in [-0.2, -0.15) is 10.1 Å². The third-order valence-corrected chi connectivity index (χ3v) is 3.31. The molecule has 0 radical (unpaired) electrons. The molecule has 1 atom stereocenters. The molecule has 0 fully saturated rings. The van der Waals surface area contributed by atoms with E-state index >= 15 is 0 Å². The van der Waals surface area contributed by atoms with E-state index in [1.807, 2.05) is 0 Å². The molecule has 0 saturated heterocycles. The summed E-state index contributed by atoms with van der Waals surface area (Å²) in [4.78, 5) is 14.4. The Morgan fingerprint density at radius 3 is 2.78 bits per heavy atom. The Balaban J connectivity index is 1.75. The van der Waals surface area contributed by atoms with E-state index in [4.69, 9.17) is 4.52 Å². The molecule has 0 aliphatic heterocycles. The Morgan fingerprint density at radius 2 is 2.13 bits per heavy atom. The maximum absolute atomic E-state index is 12.9. The number of rotatable bonds is 5. The molecule has 3 aromatic rings. The Kier molecular flexibility index (Phi) is 3.83. The average Bonchev–Trinajstić information content (AvgIpc) is 3.18. The third kappa shape index (κ3) is 3.23. The molecule has 2 heterocycles. The Labute approximate surface area is 129 Å². The Morgan fingerprint density at radius 1 is 1.39 bits per heavy atom. The first-order chi connectivity index (χ1) is 11.0. The summed E-state index contributed by atoms with van der Waals surface area (Å²) in [7, 11) is 0. The maximum atomic E-state index is 12.9. The van der Waals surface area contributed by atoms with Crippen LogP contribution in [0.5, 0.6) is 0 Å². The molecule has 0 saturated carbocycles. The van der Waals surface area contributed by atoms with Crippen molar-refractivity contribution in [2.45, 2.75) is 19.4 Å². The zero-order chi connectivity index (χ0) is 16.4. The van der Waals surface area contributed by atoms with Gasteiger partial charge in [0.2, 0.25) is 0 Å². The van der Waals surface area contributed by atoms with Gasteiger partial charge in [0.05, 0.1) is 4.92 Å². The number of halogens is 1. The standard InChI is InChI=1S/C14H12FN5O3/c1-9(19-8-12(7-16-19)20(21)22)14-17-13(18-23-14)6-10-2-4-11(15)5-3-10/h2-5,7-9H,6H2,1H3/t9-/m1/s1.